The summed E-state index contributed by atoms with van der Waals surface area (Å²) in [4.78, 5) is 0. The number of benzene rings is 2. The molecule has 0 N–H and O–H groups in total. The van der Waals surface area contributed by atoms with Gasteiger partial charge in [0.25, 0.3) is 0 Å². The van der Waals surface area contributed by atoms with E-state index in [0.29, 0.717) is 5.41 Å². The molecule has 4 rings (SSSR count). The summed E-state index contributed by atoms with van der Waals surface area (Å²) in [6, 6.07) is 22.7. The second-order valence-electron chi connectivity index (χ2n) is 8.97. The maximum atomic E-state index is 3.30. The van der Waals surface area contributed by atoms with Crippen molar-refractivity contribution in [2.75, 3.05) is 0 Å². The molecule has 3 heteroatoms. The summed E-state index contributed by atoms with van der Waals surface area (Å²) in [6.45, 7) is 15.5. The largest absolute Gasteiger partial charge is 1.00 e. The van der Waals surface area contributed by atoms with Gasteiger partial charge in [-0.1, -0.05) is 81.8 Å². The van der Waals surface area contributed by atoms with Gasteiger partial charge in [-0.3, -0.25) is 0 Å². The third-order valence-corrected chi connectivity index (χ3v) is 4.93. The summed E-state index contributed by atoms with van der Waals surface area (Å²) >= 11 is 1.55. The molecular weight excluding hydrogens is 498 g/mol. The van der Waals surface area contributed by atoms with Crippen molar-refractivity contribution < 1.29 is 49.0 Å². The minimum atomic E-state index is 0. The van der Waals surface area contributed by atoms with Crippen molar-refractivity contribution in [3.05, 3.63) is 88.5 Å². The first-order chi connectivity index (χ1) is 13.6. The van der Waals surface area contributed by atoms with Crippen LogP contribution in [0.25, 0.3) is 11.1 Å². The van der Waals surface area contributed by atoms with Crippen LogP contribution in [0.2, 0.25) is 0 Å². The van der Waals surface area contributed by atoms with Crippen LogP contribution in [0.1, 0.15) is 69.4 Å². The van der Waals surface area contributed by atoms with Gasteiger partial charge in [0.2, 0.25) is 0 Å². The predicted molar refractivity (Wildman–Crippen MR) is 125 cm³/mol. The third kappa shape index (κ3) is 8.88. The monoisotopic (exact) mass is 530 g/mol. The molecule has 1 aliphatic carbocycles. The molecule has 0 amide bonds. The molecule has 31 heavy (non-hydrogen) atoms. The number of rotatable bonds is 1. The number of hydrogen-bond donors (Lipinski definition) is 0. The Balaban J connectivity index is 0.000000473. The van der Waals surface area contributed by atoms with Crippen LogP contribution in [-0.4, -0.2) is 3.21 Å². The molecule has 0 saturated heterocycles. The maximum Gasteiger partial charge on any atom is -0.0253 e. The molecule has 0 radical (unpaired) electrons. The Kier molecular flexibility index (Phi) is 13.2. The SMILES string of the molecule is CCc1[cH-]c(C)cc1C(C)(C)C.C[C](C)=[Zr+2].[Cl-].[Cl-].[c-]1cccc2c1Cc1ccccc1-2. The van der Waals surface area contributed by atoms with E-state index in [1.807, 2.05) is 6.07 Å². The summed E-state index contributed by atoms with van der Waals surface area (Å²) in [7, 11) is 0. The molecule has 166 valence electrons. The predicted octanol–water partition coefficient (Wildman–Crippen LogP) is 1.39. The molecule has 0 aliphatic heterocycles. The summed E-state index contributed by atoms with van der Waals surface area (Å²) in [5, 5.41) is 0. The molecule has 0 fully saturated rings. The minimum Gasteiger partial charge on any atom is -1.00 e. The van der Waals surface area contributed by atoms with Crippen LogP contribution in [0.4, 0.5) is 0 Å². The van der Waals surface area contributed by atoms with E-state index in [1.54, 1.807) is 24.2 Å². The average molecular weight is 533 g/mol. The Bertz CT molecular complexity index is 914. The smallest absolute Gasteiger partial charge is 0.0253 e. The van der Waals surface area contributed by atoms with Gasteiger partial charge in [0.15, 0.2) is 0 Å². The van der Waals surface area contributed by atoms with Crippen LogP contribution in [-0.2, 0) is 42.5 Å². The van der Waals surface area contributed by atoms with Gasteiger partial charge in [0.1, 0.15) is 0 Å². The van der Waals surface area contributed by atoms with Gasteiger partial charge in [0, 0.05) is 0 Å². The average Bonchev–Trinajstić information content (AvgIpc) is 3.22. The fraction of sp³-hybridized carbons (Fsp3) is 0.357. The molecule has 0 saturated carbocycles. The summed E-state index contributed by atoms with van der Waals surface area (Å²) in [6.07, 6.45) is 2.20. The molecule has 3 aromatic rings. The van der Waals surface area contributed by atoms with Crippen LogP contribution in [0.15, 0.2) is 54.6 Å². The van der Waals surface area contributed by atoms with Crippen LogP contribution in [0.5, 0.6) is 0 Å². The van der Waals surface area contributed by atoms with Gasteiger partial charge in [0.05, 0.1) is 0 Å². The molecule has 0 nitrogen and oxygen atoms in total. The molecule has 0 aromatic heterocycles. The van der Waals surface area contributed by atoms with Gasteiger partial charge < -0.3 is 24.8 Å². The number of fused-ring (bicyclic) bond motifs is 3. The normalized spacial score (nSPS) is 10.7. The Morgan fingerprint density at radius 3 is 2.16 bits per heavy atom. The standard InChI is InChI=1S/C13H9.C12H19.C3H6.2ClH.Zr/c1-3-7-12-10(5-1)9-11-6-2-4-8-13(11)12;1-6-10-7-9(2)8-11(10)12(3,4)5;1-3-2;;;/h1-5,7-8H,9H2;7-8H,6H2,1-5H3;1-2H3;2*1H;/q2*-1;;;;+2/p-2. The van der Waals surface area contributed by atoms with Gasteiger partial charge in [-0.15, -0.1) is 5.56 Å². The quantitative estimate of drug-likeness (QED) is 0.325. The molecule has 1 aliphatic rings. The van der Waals surface area contributed by atoms with Gasteiger partial charge >= 0.3 is 41.3 Å². The summed E-state index contributed by atoms with van der Waals surface area (Å²) in [5.74, 6) is 0. The molecule has 0 heterocycles. The van der Waals surface area contributed by atoms with Crippen molar-refractivity contribution in [2.45, 2.75) is 66.7 Å². The first-order valence-corrected chi connectivity index (χ1v) is 11.7. The van der Waals surface area contributed by atoms with E-state index in [4.69, 9.17) is 0 Å². The minimum absolute atomic E-state index is 0. The van der Waals surface area contributed by atoms with Crippen LogP contribution >= 0.6 is 0 Å². The van der Waals surface area contributed by atoms with Gasteiger partial charge in [-0.05, 0) is 6.42 Å². The van der Waals surface area contributed by atoms with E-state index in [-0.39, 0.29) is 24.8 Å². The Hall–Kier alpha value is -0.877. The van der Waals surface area contributed by atoms with E-state index in [1.165, 1.54) is 42.2 Å². The topological polar surface area (TPSA) is 0 Å². The van der Waals surface area contributed by atoms with E-state index in [2.05, 4.69) is 103 Å². The zero-order chi connectivity index (χ0) is 21.6. The van der Waals surface area contributed by atoms with Gasteiger partial charge in [-0.2, -0.15) is 52.6 Å². The van der Waals surface area contributed by atoms with E-state index >= 15 is 0 Å². The maximum absolute atomic E-state index is 3.30. The van der Waals surface area contributed by atoms with E-state index in [9.17, 15) is 0 Å². The first-order valence-electron chi connectivity index (χ1n) is 10.5. The zero-order valence-electron chi connectivity index (χ0n) is 19.9. The van der Waals surface area contributed by atoms with Crippen molar-refractivity contribution in [2.24, 2.45) is 0 Å². The molecule has 0 bridgehead atoms. The molecule has 0 unspecified atom stereocenters. The van der Waals surface area contributed by atoms with Crippen molar-refractivity contribution in [1.29, 1.82) is 0 Å². The summed E-state index contributed by atoms with van der Waals surface area (Å²) in [5.41, 5.74) is 10.2. The number of aryl methyl sites for hydroxylation is 2. The van der Waals surface area contributed by atoms with Crippen molar-refractivity contribution in [3.63, 3.8) is 0 Å². The van der Waals surface area contributed by atoms with Crippen LogP contribution in [0.3, 0.4) is 0 Å². The second-order valence-corrected chi connectivity index (χ2v) is 11.4. The van der Waals surface area contributed by atoms with E-state index in [0.717, 1.165) is 12.8 Å². The first kappa shape index (κ1) is 30.1. The zero-order valence-corrected chi connectivity index (χ0v) is 23.8. The second kappa shape index (κ2) is 13.6. The molecule has 0 spiro atoms. The molecule has 0 atom stereocenters. The van der Waals surface area contributed by atoms with E-state index < -0.39 is 0 Å². The summed E-state index contributed by atoms with van der Waals surface area (Å²) < 4.78 is 1.51. The Morgan fingerprint density at radius 2 is 1.61 bits per heavy atom. The fourth-order valence-electron chi connectivity index (χ4n) is 3.70. The number of halogens is 2. The van der Waals surface area contributed by atoms with Crippen LogP contribution in [0, 0.1) is 13.0 Å². The Labute approximate surface area is 217 Å². The van der Waals surface area contributed by atoms with Crippen molar-refractivity contribution in [1.82, 2.24) is 0 Å². The van der Waals surface area contributed by atoms with Crippen molar-refractivity contribution in [3.8, 4) is 11.1 Å². The Morgan fingerprint density at radius 1 is 1.03 bits per heavy atom. The van der Waals surface area contributed by atoms with Crippen molar-refractivity contribution >= 4 is 3.21 Å². The molecular formula is C28H34Cl2Zr-2. The van der Waals surface area contributed by atoms with Gasteiger partial charge in [-0.25, -0.2) is 6.07 Å². The van der Waals surface area contributed by atoms with Crippen LogP contribution < -0.4 is 24.8 Å². The number of hydrogen-bond acceptors (Lipinski definition) is 0. The third-order valence-electron chi connectivity index (χ3n) is 4.93. The fourth-order valence-corrected chi connectivity index (χ4v) is 3.70. The molecule has 3 aromatic carbocycles.